The van der Waals surface area contributed by atoms with Crippen molar-refractivity contribution in [1.29, 1.82) is 0 Å². The fraction of sp³-hybridized carbons (Fsp3) is 0. The van der Waals surface area contributed by atoms with Crippen molar-refractivity contribution in [1.82, 2.24) is 0 Å². The van der Waals surface area contributed by atoms with Gasteiger partial charge in [0.15, 0.2) is 11.5 Å². The van der Waals surface area contributed by atoms with E-state index in [1.54, 1.807) is 24.3 Å². The molecule has 0 spiro atoms. The third-order valence-electron chi connectivity index (χ3n) is 2.69. The minimum absolute atomic E-state index is 0.301. The van der Waals surface area contributed by atoms with Gasteiger partial charge in [0.2, 0.25) is 0 Å². The van der Waals surface area contributed by atoms with Crippen molar-refractivity contribution in [3.05, 3.63) is 63.3 Å². The first-order valence-corrected chi connectivity index (χ1v) is 11.3. The van der Waals surface area contributed by atoms with Gasteiger partial charge in [0, 0.05) is 21.1 Å². The van der Waals surface area contributed by atoms with Crippen LogP contribution in [0.1, 0.15) is 0 Å². The first kappa shape index (κ1) is 22.3. The maximum atomic E-state index is 11.9. The highest BCUT2D eigenvalue weighted by molar-refractivity contribution is 9.12. The lowest BCUT2D eigenvalue weighted by Gasteiger charge is -2.08. The van der Waals surface area contributed by atoms with Crippen molar-refractivity contribution in [3.8, 4) is 11.5 Å². The number of hydrogen-bond donors (Lipinski definition) is 0. The topological polar surface area (TPSA) is 52.6 Å². The molecule has 0 bridgehead atoms. The number of carbonyl (C=O) groups excluding carboxylic acids is 2. The molecule has 2 rings (SSSR count). The quantitative estimate of drug-likeness (QED) is 0.187. The Morgan fingerprint density at radius 2 is 0.885 bits per heavy atom. The smallest absolute Gasteiger partial charge is 0.336 e. The molecule has 0 aliphatic rings. The highest BCUT2D eigenvalue weighted by Gasteiger charge is 2.14. The summed E-state index contributed by atoms with van der Waals surface area (Å²) in [6.07, 6.45) is 1.98. The van der Waals surface area contributed by atoms with Gasteiger partial charge < -0.3 is 9.47 Å². The van der Waals surface area contributed by atoms with E-state index in [9.17, 15) is 9.59 Å². The van der Waals surface area contributed by atoms with Crippen LogP contribution in [0, 0.1) is 0 Å². The Bertz CT molecular complexity index is 790. The summed E-state index contributed by atoms with van der Waals surface area (Å²) in [7, 11) is 0. The molecule has 0 N–H and O–H groups in total. The summed E-state index contributed by atoms with van der Waals surface area (Å²) >= 11 is 19.9. The zero-order chi connectivity index (χ0) is 19.4. The van der Waals surface area contributed by atoms with Gasteiger partial charge in [-0.15, -0.1) is 0 Å². The summed E-state index contributed by atoms with van der Waals surface area (Å²) in [4.78, 5) is 23.9. The highest BCUT2D eigenvalue weighted by Crippen LogP contribution is 2.37. The fourth-order valence-corrected chi connectivity index (χ4v) is 6.50. The second-order valence-corrected chi connectivity index (χ2v) is 9.82. The Balaban J connectivity index is 2.06. The minimum Gasteiger partial charge on any atom is -0.421 e. The first-order chi connectivity index (χ1) is 12.2. The maximum Gasteiger partial charge on any atom is 0.336 e. The maximum absolute atomic E-state index is 11.9. The lowest BCUT2D eigenvalue weighted by Crippen LogP contribution is -2.09. The summed E-state index contributed by atoms with van der Waals surface area (Å²) in [6.45, 7) is 0. The van der Waals surface area contributed by atoms with E-state index in [0.29, 0.717) is 29.4 Å². The summed E-state index contributed by atoms with van der Waals surface area (Å²) in [5.74, 6) is -0.844. The van der Waals surface area contributed by atoms with Crippen LogP contribution in [0.25, 0.3) is 0 Å². The number of benzene rings is 2. The predicted octanol–water partition coefficient (Wildman–Crippen LogP) is 7.33. The van der Waals surface area contributed by atoms with Gasteiger partial charge in [-0.05, 0) is 88.0 Å². The van der Waals surface area contributed by atoms with Crippen molar-refractivity contribution in [2.45, 2.75) is 0 Å². The molecule has 0 saturated carbocycles. The van der Waals surface area contributed by atoms with Crippen molar-refractivity contribution in [2.75, 3.05) is 0 Å². The summed E-state index contributed by atoms with van der Waals surface area (Å²) in [5, 5.41) is 0. The SMILES string of the molecule is O=C(/C=C/C(=O)Oc1c(Br)cc(Br)cc1Br)Oc1c(Br)cc(Br)cc1Br. The van der Waals surface area contributed by atoms with E-state index in [1.165, 1.54) is 0 Å². The molecule has 0 aromatic heterocycles. The normalized spacial score (nSPS) is 10.8. The van der Waals surface area contributed by atoms with Gasteiger partial charge in [-0.2, -0.15) is 0 Å². The Morgan fingerprint density at radius 3 is 1.15 bits per heavy atom. The van der Waals surface area contributed by atoms with Crippen molar-refractivity contribution >= 4 is 108 Å². The van der Waals surface area contributed by atoms with Gasteiger partial charge in [-0.1, -0.05) is 31.9 Å². The van der Waals surface area contributed by atoms with Crippen LogP contribution in [-0.2, 0) is 9.59 Å². The Morgan fingerprint density at radius 1 is 0.615 bits per heavy atom. The van der Waals surface area contributed by atoms with Gasteiger partial charge >= 0.3 is 11.9 Å². The van der Waals surface area contributed by atoms with Gasteiger partial charge in [0.05, 0.1) is 17.9 Å². The molecular weight excluding hydrogens is 736 g/mol. The molecule has 2 aromatic rings. The molecule has 136 valence electrons. The molecule has 0 fully saturated rings. The molecule has 0 atom stereocenters. The lowest BCUT2D eigenvalue weighted by atomic mass is 10.3. The van der Waals surface area contributed by atoms with E-state index in [2.05, 4.69) is 95.6 Å². The predicted molar refractivity (Wildman–Crippen MR) is 119 cm³/mol. The van der Waals surface area contributed by atoms with Gasteiger partial charge in [-0.3, -0.25) is 0 Å². The van der Waals surface area contributed by atoms with Crippen LogP contribution in [-0.4, -0.2) is 11.9 Å². The molecule has 10 heteroatoms. The molecule has 2 aromatic carbocycles. The van der Waals surface area contributed by atoms with Crippen LogP contribution in [0.2, 0.25) is 0 Å². The van der Waals surface area contributed by atoms with Crippen molar-refractivity contribution in [2.24, 2.45) is 0 Å². The number of carbonyl (C=O) groups is 2. The molecule has 0 aliphatic heterocycles. The van der Waals surface area contributed by atoms with Gasteiger partial charge in [-0.25, -0.2) is 9.59 Å². The molecule has 26 heavy (non-hydrogen) atoms. The second kappa shape index (κ2) is 9.97. The number of halogens is 6. The minimum atomic E-state index is -0.723. The van der Waals surface area contributed by atoms with E-state index in [1.807, 2.05) is 0 Å². The van der Waals surface area contributed by atoms with Crippen LogP contribution in [0.15, 0.2) is 63.3 Å². The Hall–Kier alpha value is 0.000000000000000222. The van der Waals surface area contributed by atoms with E-state index >= 15 is 0 Å². The molecular formula is C16H6Br6O4. The molecule has 4 nitrogen and oxygen atoms in total. The highest BCUT2D eigenvalue weighted by atomic mass is 79.9. The monoisotopic (exact) mass is 736 g/mol. The zero-order valence-electron chi connectivity index (χ0n) is 12.4. The van der Waals surface area contributed by atoms with Crippen LogP contribution >= 0.6 is 95.6 Å². The van der Waals surface area contributed by atoms with Crippen LogP contribution in [0.3, 0.4) is 0 Å². The first-order valence-electron chi connectivity index (χ1n) is 6.58. The van der Waals surface area contributed by atoms with Crippen LogP contribution in [0.5, 0.6) is 11.5 Å². The van der Waals surface area contributed by atoms with Crippen molar-refractivity contribution < 1.29 is 19.1 Å². The number of esters is 2. The number of ether oxygens (including phenoxy) is 2. The molecule has 0 saturated heterocycles. The zero-order valence-corrected chi connectivity index (χ0v) is 21.9. The molecule has 0 radical (unpaired) electrons. The van der Waals surface area contributed by atoms with E-state index < -0.39 is 11.9 Å². The number of rotatable bonds is 4. The average Bonchev–Trinajstić information content (AvgIpc) is 2.52. The summed E-state index contributed by atoms with van der Waals surface area (Å²) < 4.78 is 14.4. The lowest BCUT2D eigenvalue weighted by molar-refractivity contribution is -0.131. The standard InChI is InChI=1S/C16H6Br6O4/c17-7-3-9(19)15(10(20)4-7)25-13(23)1-2-14(24)26-16-11(21)5-8(18)6-12(16)22/h1-6H/b2-1+. The Kier molecular flexibility index (Phi) is 8.55. The average molecular weight is 742 g/mol. The number of hydrogen-bond acceptors (Lipinski definition) is 4. The molecule has 0 aliphatic carbocycles. The van der Waals surface area contributed by atoms with Gasteiger partial charge in [0.1, 0.15) is 0 Å². The van der Waals surface area contributed by atoms with Crippen LogP contribution < -0.4 is 9.47 Å². The molecule has 0 heterocycles. The van der Waals surface area contributed by atoms with Crippen molar-refractivity contribution in [3.63, 3.8) is 0 Å². The van der Waals surface area contributed by atoms with E-state index in [0.717, 1.165) is 21.1 Å². The summed E-state index contributed by atoms with van der Waals surface area (Å²) in [5.41, 5.74) is 0. The fourth-order valence-electron chi connectivity index (χ4n) is 1.66. The molecule has 0 unspecified atom stereocenters. The van der Waals surface area contributed by atoms with E-state index in [-0.39, 0.29) is 0 Å². The summed E-state index contributed by atoms with van der Waals surface area (Å²) in [6, 6.07) is 6.92. The Labute approximate surface area is 199 Å². The molecule has 0 amide bonds. The van der Waals surface area contributed by atoms with Crippen LogP contribution in [0.4, 0.5) is 0 Å². The third kappa shape index (κ3) is 6.27. The largest absolute Gasteiger partial charge is 0.421 e. The van der Waals surface area contributed by atoms with Gasteiger partial charge in [0.25, 0.3) is 0 Å². The third-order valence-corrected chi connectivity index (χ3v) is 5.96. The van der Waals surface area contributed by atoms with E-state index in [4.69, 9.17) is 9.47 Å². The second-order valence-electron chi connectivity index (χ2n) is 4.57.